The highest BCUT2D eigenvalue weighted by Crippen LogP contribution is 2.11. The van der Waals surface area contributed by atoms with Gasteiger partial charge in [0.15, 0.2) is 5.78 Å². The van der Waals surface area contributed by atoms with Gasteiger partial charge in [-0.1, -0.05) is 30.9 Å². The molecule has 0 amide bonds. The molecule has 1 N–H and O–H groups in total. The van der Waals surface area contributed by atoms with E-state index < -0.39 is 0 Å². The van der Waals surface area contributed by atoms with Crippen molar-refractivity contribution < 1.29 is 9.90 Å². The van der Waals surface area contributed by atoms with Gasteiger partial charge in [0.2, 0.25) is 0 Å². The van der Waals surface area contributed by atoms with Crippen molar-refractivity contribution in [1.29, 1.82) is 0 Å². The molecule has 77 valence electrons. The van der Waals surface area contributed by atoms with Crippen LogP contribution >= 0.6 is 0 Å². The average Bonchev–Trinajstić information content (AvgIpc) is 2.26. The number of phenolic OH excluding ortho intramolecular Hbond substituents is 1. The smallest absolute Gasteiger partial charge is 0.155 e. The van der Waals surface area contributed by atoms with E-state index in [0.717, 1.165) is 11.6 Å². The molecule has 0 spiro atoms. The van der Waals surface area contributed by atoms with Crippen LogP contribution in [0.1, 0.15) is 18.4 Å². The molecule has 0 aromatic heterocycles. The molecule has 1 aromatic carbocycles. The van der Waals surface area contributed by atoms with Crippen molar-refractivity contribution in [2.75, 3.05) is 0 Å². The zero-order valence-electron chi connectivity index (χ0n) is 8.39. The molecular weight excluding hydrogens is 188 g/mol. The third-order valence-corrected chi connectivity index (χ3v) is 1.95. The SMILES string of the molecule is [CH]=CC(=O)CCC=Cc1ccc(O)cc1. The Morgan fingerprint density at radius 3 is 2.60 bits per heavy atom. The maximum Gasteiger partial charge on any atom is 0.155 e. The molecule has 1 rings (SSSR count). The van der Waals surface area contributed by atoms with Crippen LogP contribution < -0.4 is 0 Å². The lowest BCUT2D eigenvalue weighted by molar-refractivity contribution is -0.114. The van der Waals surface area contributed by atoms with E-state index in [2.05, 4.69) is 0 Å². The molecule has 0 bridgehead atoms. The van der Waals surface area contributed by atoms with Gasteiger partial charge >= 0.3 is 0 Å². The van der Waals surface area contributed by atoms with Gasteiger partial charge < -0.3 is 5.11 Å². The van der Waals surface area contributed by atoms with E-state index in [1.807, 2.05) is 24.3 Å². The normalized spacial score (nSPS) is 10.4. The minimum absolute atomic E-state index is 0.0506. The van der Waals surface area contributed by atoms with Crippen LogP contribution in [-0.2, 0) is 4.79 Å². The van der Waals surface area contributed by atoms with Gasteiger partial charge in [0, 0.05) is 6.42 Å². The van der Waals surface area contributed by atoms with E-state index in [-0.39, 0.29) is 11.5 Å². The molecule has 0 unspecified atom stereocenters. The molecule has 0 aliphatic rings. The number of hydrogen-bond donors (Lipinski definition) is 1. The maximum absolute atomic E-state index is 10.8. The molecular formula is C13H13O2. The number of allylic oxidation sites excluding steroid dienone is 2. The summed E-state index contributed by atoms with van der Waals surface area (Å²) in [7, 11) is 0. The maximum atomic E-state index is 10.8. The molecule has 2 heteroatoms. The molecule has 0 heterocycles. The third-order valence-electron chi connectivity index (χ3n) is 1.95. The van der Waals surface area contributed by atoms with Crippen LogP contribution in [0.15, 0.2) is 36.4 Å². The minimum atomic E-state index is -0.0506. The van der Waals surface area contributed by atoms with Crippen LogP contribution in [0.25, 0.3) is 6.08 Å². The van der Waals surface area contributed by atoms with Crippen LogP contribution in [0.5, 0.6) is 5.75 Å². The van der Waals surface area contributed by atoms with Gasteiger partial charge in [0.05, 0.1) is 0 Å². The van der Waals surface area contributed by atoms with Crippen molar-refractivity contribution >= 4 is 11.9 Å². The monoisotopic (exact) mass is 201 g/mol. The first-order chi connectivity index (χ1) is 7.22. The van der Waals surface area contributed by atoms with Gasteiger partial charge in [0.1, 0.15) is 5.75 Å². The molecule has 0 fully saturated rings. The molecule has 0 aliphatic carbocycles. The molecule has 15 heavy (non-hydrogen) atoms. The van der Waals surface area contributed by atoms with E-state index in [4.69, 9.17) is 11.7 Å². The summed E-state index contributed by atoms with van der Waals surface area (Å²) in [5, 5.41) is 9.05. The number of carbonyl (C=O) groups is 1. The second kappa shape index (κ2) is 5.81. The van der Waals surface area contributed by atoms with E-state index in [1.54, 1.807) is 12.1 Å². The van der Waals surface area contributed by atoms with Crippen LogP contribution in [0.2, 0.25) is 0 Å². The summed E-state index contributed by atoms with van der Waals surface area (Å²) in [5.74, 6) is 0.199. The highest BCUT2D eigenvalue weighted by molar-refractivity contribution is 5.88. The number of rotatable bonds is 5. The van der Waals surface area contributed by atoms with E-state index in [9.17, 15) is 4.79 Å². The topological polar surface area (TPSA) is 37.3 Å². The third kappa shape index (κ3) is 4.27. The number of hydrogen-bond acceptors (Lipinski definition) is 2. The highest BCUT2D eigenvalue weighted by atomic mass is 16.3. The largest absolute Gasteiger partial charge is 0.508 e. The molecule has 2 nitrogen and oxygen atoms in total. The van der Waals surface area contributed by atoms with E-state index in [0.29, 0.717) is 12.8 Å². The van der Waals surface area contributed by atoms with Crippen molar-refractivity contribution in [2.45, 2.75) is 12.8 Å². The number of benzene rings is 1. The van der Waals surface area contributed by atoms with Gasteiger partial charge in [-0.15, -0.1) is 0 Å². The second-order valence-electron chi connectivity index (χ2n) is 3.17. The second-order valence-corrected chi connectivity index (χ2v) is 3.17. The Morgan fingerprint density at radius 2 is 2.00 bits per heavy atom. The lowest BCUT2D eigenvalue weighted by Crippen LogP contribution is -1.88. The zero-order valence-corrected chi connectivity index (χ0v) is 8.39. The fourth-order valence-electron chi connectivity index (χ4n) is 1.11. The molecule has 0 aliphatic heterocycles. The fraction of sp³-hybridized carbons (Fsp3) is 0.154. The standard InChI is InChI=1S/C13H13O2/c1-2-12(14)6-4-3-5-11-7-9-13(15)10-8-11/h1-3,5,7-10,15H,4,6H2. The van der Waals surface area contributed by atoms with Crippen molar-refractivity contribution in [2.24, 2.45) is 0 Å². The molecule has 0 atom stereocenters. The number of aromatic hydroxyl groups is 1. The summed E-state index contributed by atoms with van der Waals surface area (Å²) in [5.41, 5.74) is 0.997. The summed E-state index contributed by atoms with van der Waals surface area (Å²) >= 11 is 0. The Balaban J connectivity index is 2.41. The number of ketones is 1. The lowest BCUT2D eigenvalue weighted by Gasteiger charge is -1.94. The molecule has 0 saturated carbocycles. The van der Waals surface area contributed by atoms with Gasteiger partial charge in [-0.3, -0.25) is 4.79 Å². The Hall–Kier alpha value is -1.83. The van der Waals surface area contributed by atoms with Gasteiger partial charge in [0.25, 0.3) is 0 Å². The zero-order chi connectivity index (χ0) is 11.1. The Labute approximate surface area is 89.6 Å². The van der Waals surface area contributed by atoms with Crippen molar-refractivity contribution in [3.05, 3.63) is 48.6 Å². The Morgan fingerprint density at radius 1 is 1.33 bits per heavy atom. The van der Waals surface area contributed by atoms with Gasteiger partial charge in [-0.05, 0) is 30.2 Å². The average molecular weight is 201 g/mol. The number of phenols is 1. The molecule has 1 aromatic rings. The Bertz CT molecular complexity index is 361. The van der Waals surface area contributed by atoms with Crippen LogP contribution in [0, 0.1) is 6.58 Å². The number of carbonyl (C=O) groups excluding carboxylic acids is 1. The molecule has 0 saturated heterocycles. The predicted octanol–water partition coefficient (Wildman–Crippen LogP) is 2.74. The van der Waals surface area contributed by atoms with Crippen molar-refractivity contribution in [3.8, 4) is 5.75 Å². The minimum Gasteiger partial charge on any atom is -0.508 e. The first-order valence-electron chi connectivity index (χ1n) is 4.75. The summed E-state index contributed by atoms with van der Waals surface area (Å²) in [6.45, 7) is 5.06. The highest BCUT2D eigenvalue weighted by Gasteiger charge is 1.92. The van der Waals surface area contributed by atoms with Gasteiger partial charge in [-0.25, -0.2) is 0 Å². The van der Waals surface area contributed by atoms with Crippen molar-refractivity contribution in [1.82, 2.24) is 0 Å². The van der Waals surface area contributed by atoms with Crippen LogP contribution in [0.4, 0.5) is 0 Å². The van der Waals surface area contributed by atoms with Crippen LogP contribution in [-0.4, -0.2) is 10.9 Å². The summed E-state index contributed by atoms with van der Waals surface area (Å²) < 4.78 is 0. The van der Waals surface area contributed by atoms with E-state index in [1.165, 1.54) is 0 Å². The molecule has 1 radical (unpaired) electrons. The quantitative estimate of drug-likeness (QED) is 0.744. The summed E-state index contributed by atoms with van der Waals surface area (Å²) in [6, 6.07) is 6.86. The van der Waals surface area contributed by atoms with Crippen molar-refractivity contribution in [3.63, 3.8) is 0 Å². The van der Waals surface area contributed by atoms with Gasteiger partial charge in [-0.2, -0.15) is 0 Å². The lowest BCUT2D eigenvalue weighted by atomic mass is 10.1. The first-order valence-corrected chi connectivity index (χ1v) is 4.75. The predicted molar refractivity (Wildman–Crippen MR) is 60.3 cm³/mol. The first kappa shape index (κ1) is 11.2. The summed E-state index contributed by atoms with van der Waals surface area (Å²) in [6.07, 6.45) is 6.02. The summed E-state index contributed by atoms with van der Waals surface area (Å²) in [4.78, 5) is 10.8. The Kier molecular flexibility index (Phi) is 4.35. The van der Waals surface area contributed by atoms with E-state index >= 15 is 0 Å². The van der Waals surface area contributed by atoms with Crippen LogP contribution in [0.3, 0.4) is 0 Å². The fourth-order valence-corrected chi connectivity index (χ4v) is 1.11.